The highest BCUT2D eigenvalue weighted by Gasteiger charge is 2.24. The molecule has 0 saturated carbocycles. The summed E-state index contributed by atoms with van der Waals surface area (Å²) in [5.74, 6) is -0.939. The Balaban J connectivity index is 2.80. The molecule has 1 rings (SSSR count). The van der Waals surface area contributed by atoms with Gasteiger partial charge in [0.15, 0.2) is 0 Å². The van der Waals surface area contributed by atoms with Crippen molar-refractivity contribution >= 4 is 11.6 Å². The van der Waals surface area contributed by atoms with Crippen LogP contribution in [0.1, 0.15) is 19.4 Å². The zero-order valence-corrected chi connectivity index (χ0v) is 9.75. The zero-order valence-electron chi connectivity index (χ0n) is 9.75. The Bertz CT molecular complexity index is 477. The highest BCUT2D eigenvalue weighted by Crippen LogP contribution is 2.18. The molecule has 0 radical (unpaired) electrons. The maximum atomic E-state index is 13.1. The molecule has 0 saturated heterocycles. The fourth-order valence-electron chi connectivity index (χ4n) is 1.17. The number of nitrogens with zero attached hydrogens (tertiary/aromatic N) is 1. The fraction of sp³-hybridized carbons (Fsp3) is 0.333. The summed E-state index contributed by atoms with van der Waals surface area (Å²) in [5.41, 5.74) is 5.16. The lowest BCUT2D eigenvalue weighted by Crippen LogP contribution is -2.37. The average Bonchev–Trinajstić information content (AvgIpc) is 2.25. The van der Waals surface area contributed by atoms with Gasteiger partial charge in [-0.2, -0.15) is 5.26 Å². The monoisotopic (exact) mass is 235 g/mol. The van der Waals surface area contributed by atoms with Crippen molar-refractivity contribution in [2.24, 2.45) is 11.1 Å². The first kappa shape index (κ1) is 13.0. The minimum atomic E-state index is -0.737. The van der Waals surface area contributed by atoms with E-state index in [-0.39, 0.29) is 12.1 Å². The maximum absolute atomic E-state index is 13.1. The third kappa shape index (κ3) is 3.45. The van der Waals surface area contributed by atoms with E-state index in [1.807, 2.05) is 6.07 Å². The standard InChI is InChI=1S/C12H14FN3O/c1-12(2,11(15)17)7-16-10-4-8(6-14)3-9(13)5-10/h3-5,16H,7H2,1-2H3,(H2,15,17). The second kappa shape index (κ2) is 4.83. The van der Waals surface area contributed by atoms with Crippen LogP contribution in [0.25, 0.3) is 0 Å². The molecule has 0 bridgehead atoms. The first-order valence-corrected chi connectivity index (χ1v) is 5.09. The van der Waals surface area contributed by atoms with E-state index in [9.17, 15) is 9.18 Å². The number of hydrogen-bond acceptors (Lipinski definition) is 3. The van der Waals surface area contributed by atoms with Crippen LogP contribution < -0.4 is 11.1 Å². The Morgan fingerprint density at radius 3 is 2.71 bits per heavy atom. The van der Waals surface area contributed by atoms with Crippen molar-refractivity contribution in [3.8, 4) is 6.07 Å². The molecule has 0 aliphatic heterocycles. The smallest absolute Gasteiger partial charge is 0.224 e. The summed E-state index contributed by atoms with van der Waals surface area (Å²) in [6.07, 6.45) is 0. The molecule has 0 aliphatic carbocycles. The molecule has 0 spiro atoms. The molecule has 1 aromatic rings. The van der Waals surface area contributed by atoms with Crippen LogP contribution in [0.5, 0.6) is 0 Å². The molecule has 1 amide bonds. The van der Waals surface area contributed by atoms with Crippen LogP contribution in [-0.2, 0) is 4.79 Å². The van der Waals surface area contributed by atoms with E-state index < -0.39 is 17.1 Å². The van der Waals surface area contributed by atoms with Crippen molar-refractivity contribution in [1.29, 1.82) is 5.26 Å². The van der Waals surface area contributed by atoms with Gasteiger partial charge in [0.2, 0.25) is 5.91 Å². The highest BCUT2D eigenvalue weighted by atomic mass is 19.1. The lowest BCUT2D eigenvalue weighted by atomic mass is 9.92. The van der Waals surface area contributed by atoms with Gasteiger partial charge in [0, 0.05) is 12.2 Å². The minimum Gasteiger partial charge on any atom is -0.384 e. The Morgan fingerprint density at radius 2 is 2.18 bits per heavy atom. The summed E-state index contributed by atoms with van der Waals surface area (Å²) >= 11 is 0. The van der Waals surface area contributed by atoms with Gasteiger partial charge in [0.1, 0.15) is 5.82 Å². The Hall–Kier alpha value is -2.09. The Kier molecular flexibility index (Phi) is 3.69. The molecule has 17 heavy (non-hydrogen) atoms. The van der Waals surface area contributed by atoms with Crippen molar-refractivity contribution in [1.82, 2.24) is 0 Å². The predicted molar refractivity (Wildman–Crippen MR) is 62.6 cm³/mol. The third-order valence-corrected chi connectivity index (χ3v) is 2.43. The minimum absolute atomic E-state index is 0.226. The summed E-state index contributed by atoms with van der Waals surface area (Å²) in [5, 5.41) is 11.6. The van der Waals surface area contributed by atoms with Crippen molar-refractivity contribution in [3.63, 3.8) is 0 Å². The van der Waals surface area contributed by atoms with E-state index >= 15 is 0 Å². The van der Waals surface area contributed by atoms with E-state index in [0.29, 0.717) is 5.69 Å². The van der Waals surface area contributed by atoms with E-state index in [1.54, 1.807) is 13.8 Å². The van der Waals surface area contributed by atoms with Crippen molar-refractivity contribution < 1.29 is 9.18 Å². The molecule has 0 unspecified atom stereocenters. The molecule has 0 atom stereocenters. The number of rotatable bonds is 4. The van der Waals surface area contributed by atoms with Crippen LogP contribution in [0, 0.1) is 22.6 Å². The van der Waals surface area contributed by atoms with Crippen LogP contribution in [0.2, 0.25) is 0 Å². The molecule has 3 N–H and O–H groups in total. The van der Waals surface area contributed by atoms with Gasteiger partial charge in [-0.05, 0) is 32.0 Å². The molecule has 0 aromatic heterocycles. The zero-order chi connectivity index (χ0) is 13.1. The summed E-state index contributed by atoms with van der Waals surface area (Å²) in [4.78, 5) is 11.1. The van der Waals surface area contributed by atoms with Gasteiger partial charge in [0.25, 0.3) is 0 Å². The van der Waals surface area contributed by atoms with Gasteiger partial charge in [-0.3, -0.25) is 4.79 Å². The fourth-order valence-corrected chi connectivity index (χ4v) is 1.17. The second-order valence-corrected chi connectivity index (χ2v) is 4.44. The molecule has 4 nitrogen and oxygen atoms in total. The molecule has 0 heterocycles. The van der Waals surface area contributed by atoms with E-state index in [0.717, 1.165) is 6.07 Å². The predicted octanol–water partition coefficient (Wildman–Crippen LogP) is 1.62. The number of carbonyl (C=O) groups is 1. The molecule has 5 heteroatoms. The van der Waals surface area contributed by atoms with Crippen molar-refractivity contribution in [2.75, 3.05) is 11.9 Å². The topological polar surface area (TPSA) is 78.9 Å². The average molecular weight is 235 g/mol. The maximum Gasteiger partial charge on any atom is 0.224 e. The van der Waals surface area contributed by atoms with Gasteiger partial charge in [-0.15, -0.1) is 0 Å². The largest absolute Gasteiger partial charge is 0.384 e. The normalized spacial score (nSPS) is 10.7. The van der Waals surface area contributed by atoms with E-state index in [2.05, 4.69) is 5.32 Å². The van der Waals surface area contributed by atoms with Gasteiger partial charge >= 0.3 is 0 Å². The summed E-state index contributed by atoms with van der Waals surface area (Å²) < 4.78 is 13.1. The molecular formula is C12H14FN3O. The number of primary amides is 1. The van der Waals surface area contributed by atoms with Crippen LogP contribution in [0.3, 0.4) is 0 Å². The summed E-state index contributed by atoms with van der Waals surface area (Å²) in [6, 6.07) is 5.78. The van der Waals surface area contributed by atoms with Crippen LogP contribution in [-0.4, -0.2) is 12.5 Å². The number of anilines is 1. The van der Waals surface area contributed by atoms with Gasteiger partial charge in [-0.1, -0.05) is 0 Å². The van der Waals surface area contributed by atoms with Gasteiger partial charge in [0.05, 0.1) is 17.0 Å². The van der Waals surface area contributed by atoms with E-state index in [1.165, 1.54) is 12.1 Å². The van der Waals surface area contributed by atoms with Crippen LogP contribution >= 0.6 is 0 Å². The molecule has 1 aromatic carbocycles. The number of nitriles is 1. The van der Waals surface area contributed by atoms with Gasteiger partial charge < -0.3 is 11.1 Å². The lowest BCUT2D eigenvalue weighted by Gasteiger charge is -2.21. The van der Waals surface area contributed by atoms with Crippen LogP contribution in [0.4, 0.5) is 10.1 Å². The van der Waals surface area contributed by atoms with E-state index in [4.69, 9.17) is 11.0 Å². The number of nitrogens with one attached hydrogen (secondary N) is 1. The summed E-state index contributed by atoms with van der Waals surface area (Å²) in [6.45, 7) is 3.65. The number of amides is 1. The third-order valence-electron chi connectivity index (χ3n) is 2.43. The quantitative estimate of drug-likeness (QED) is 0.832. The number of benzene rings is 1. The first-order valence-electron chi connectivity index (χ1n) is 5.09. The second-order valence-electron chi connectivity index (χ2n) is 4.44. The first-order chi connectivity index (χ1) is 7.85. The number of hydrogen-bond donors (Lipinski definition) is 2. The Labute approximate surface area is 99.2 Å². The summed E-state index contributed by atoms with van der Waals surface area (Å²) in [7, 11) is 0. The number of halogens is 1. The molecule has 90 valence electrons. The number of nitrogens with two attached hydrogens (primary N) is 1. The van der Waals surface area contributed by atoms with Gasteiger partial charge in [-0.25, -0.2) is 4.39 Å². The lowest BCUT2D eigenvalue weighted by molar-refractivity contribution is -0.125. The number of carbonyl (C=O) groups excluding carboxylic acids is 1. The Morgan fingerprint density at radius 1 is 1.53 bits per heavy atom. The molecule has 0 aliphatic rings. The molecule has 0 fully saturated rings. The van der Waals surface area contributed by atoms with Crippen LogP contribution in [0.15, 0.2) is 18.2 Å². The molecular weight excluding hydrogens is 221 g/mol. The van der Waals surface area contributed by atoms with Crippen molar-refractivity contribution in [2.45, 2.75) is 13.8 Å². The SMILES string of the molecule is CC(C)(CNc1cc(F)cc(C#N)c1)C(N)=O. The van der Waals surface area contributed by atoms with Crippen molar-refractivity contribution in [3.05, 3.63) is 29.6 Å². The highest BCUT2D eigenvalue weighted by molar-refractivity contribution is 5.80.